The van der Waals surface area contributed by atoms with Gasteiger partial charge in [-0.15, -0.1) is 11.3 Å². The van der Waals surface area contributed by atoms with Crippen molar-refractivity contribution in [2.45, 2.75) is 11.8 Å². The van der Waals surface area contributed by atoms with E-state index in [0.717, 1.165) is 9.75 Å². The van der Waals surface area contributed by atoms with Crippen LogP contribution in [0.5, 0.6) is 0 Å². The van der Waals surface area contributed by atoms with Crippen LogP contribution in [-0.4, -0.2) is 14.3 Å². The van der Waals surface area contributed by atoms with E-state index in [0.29, 0.717) is 16.8 Å². The van der Waals surface area contributed by atoms with Gasteiger partial charge in [0.2, 0.25) is 15.9 Å². The fraction of sp³-hybridized carbons (Fsp3) is 0.0500. The van der Waals surface area contributed by atoms with Crippen molar-refractivity contribution in [1.82, 2.24) is 0 Å². The molecule has 2 aromatic carbocycles. The molecule has 8 heteroatoms. The molecule has 0 aliphatic carbocycles. The van der Waals surface area contributed by atoms with E-state index in [2.05, 4.69) is 5.32 Å². The zero-order valence-corrected chi connectivity index (χ0v) is 16.5. The Hall–Kier alpha value is -2.81. The van der Waals surface area contributed by atoms with Gasteiger partial charge in [-0.05, 0) is 48.9 Å². The summed E-state index contributed by atoms with van der Waals surface area (Å²) in [5.74, 6) is -0.729. The van der Waals surface area contributed by atoms with E-state index < -0.39 is 15.9 Å². The Bertz CT molecular complexity index is 1170. The lowest BCUT2D eigenvalue weighted by molar-refractivity contribution is -0.111. The number of aryl methyl sites for hydroxylation is 1. The van der Waals surface area contributed by atoms with Gasteiger partial charge in [0.25, 0.3) is 0 Å². The Labute approximate surface area is 166 Å². The fourth-order valence-corrected chi connectivity index (χ4v) is 4.32. The minimum atomic E-state index is -3.87. The molecule has 0 atom stereocenters. The number of amides is 1. The summed E-state index contributed by atoms with van der Waals surface area (Å²) in [4.78, 5) is 13.6. The molecule has 0 fully saturated rings. The van der Waals surface area contributed by atoms with Crippen molar-refractivity contribution in [1.29, 1.82) is 0 Å². The van der Waals surface area contributed by atoms with Crippen molar-refractivity contribution in [3.05, 3.63) is 76.9 Å². The van der Waals surface area contributed by atoms with Crippen LogP contribution in [0.25, 0.3) is 16.5 Å². The van der Waals surface area contributed by atoms with Gasteiger partial charge >= 0.3 is 0 Å². The number of carbonyl (C=O) groups excluding carboxylic acids is 1. The SMILES string of the molecule is Cc1ccc(NC(=O)/C=C/c2ccc(-c3ccccc3F)s2)cc1S(N)(=O)=O. The molecule has 1 aromatic heterocycles. The monoisotopic (exact) mass is 416 g/mol. The standard InChI is InChI=1S/C20H17FN2O3S2/c1-13-6-7-14(12-19(13)28(22,25)26)23-20(24)11-9-15-8-10-18(27-15)16-4-2-3-5-17(16)21/h2-12H,1H3,(H,23,24)(H2,22,25,26)/b11-9+. The van der Waals surface area contributed by atoms with Crippen molar-refractivity contribution in [2.24, 2.45) is 5.14 Å². The van der Waals surface area contributed by atoms with Crippen LogP contribution in [0.4, 0.5) is 10.1 Å². The minimum Gasteiger partial charge on any atom is -0.322 e. The highest BCUT2D eigenvalue weighted by atomic mass is 32.2. The first-order chi connectivity index (χ1) is 13.2. The van der Waals surface area contributed by atoms with Gasteiger partial charge in [0.1, 0.15) is 5.82 Å². The molecular formula is C20H17FN2O3S2. The second kappa shape index (κ2) is 8.05. The van der Waals surface area contributed by atoms with Crippen LogP contribution in [0, 0.1) is 12.7 Å². The van der Waals surface area contributed by atoms with Gasteiger partial charge in [-0.25, -0.2) is 17.9 Å². The maximum Gasteiger partial charge on any atom is 0.248 e. The molecule has 0 radical (unpaired) electrons. The van der Waals surface area contributed by atoms with Crippen LogP contribution in [0.2, 0.25) is 0 Å². The maximum atomic E-state index is 13.9. The molecule has 1 amide bonds. The molecule has 0 saturated carbocycles. The molecule has 1 heterocycles. The number of hydrogen-bond acceptors (Lipinski definition) is 4. The number of primary sulfonamides is 1. The molecule has 0 aliphatic rings. The summed E-state index contributed by atoms with van der Waals surface area (Å²) in [6.45, 7) is 1.62. The number of rotatable bonds is 5. The highest BCUT2D eigenvalue weighted by molar-refractivity contribution is 7.89. The summed E-state index contributed by atoms with van der Waals surface area (Å²) < 4.78 is 37.0. The summed E-state index contributed by atoms with van der Waals surface area (Å²) in [7, 11) is -3.87. The van der Waals surface area contributed by atoms with Crippen LogP contribution in [0.3, 0.4) is 0 Å². The highest BCUT2D eigenvalue weighted by Gasteiger charge is 2.12. The summed E-state index contributed by atoms with van der Waals surface area (Å²) in [6, 6.07) is 14.5. The number of benzene rings is 2. The Morgan fingerprint density at radius 3 is 2.61 bits per heavy atom. The second-order valence-corrected chi connectivity index (χ2v) is 8.67. The van der Waals surface area contributed by atoms with Gasteiger partial charge in [-0.2, -0.15) is 0 Å². The molecule has 3 rings (SSSR count). The normalized spacial score (nSPS) is 11.7. The average molecular weight is 416 g/mol. The van der Waals surface area contributed by atoms with E-state index in [4.69, 9.17) is 5.14 Å². The molecule has 3 aromatic rings. The van der Waals surface area contributed by atoms with Gasteiger partial charge in [0, 0.05) is 27.1 Å². The number of halogens is 1. The van der Waals surface area contributed by atoms with Crippen molar-refractivity contribution < 1.29 is 17.6 Å². The van der Waals surface area contributed by atoms with E-state index >= 15 is 0 Å². The number of sulfonamides is 1. The third-order valence-corrected chi connectivity index (χ3v) is 6.06. The number of anilines is 1. The molecule has 0 saturated heterocycles. The van der Waals surface area contributed by atoms with Crippen molar-refractivity contribution in [2.75, 3.05) is 5.32 Å². The summed E-state index contributed by atoms with van der Waals surface area (Å²) in [6.07, 6.45) is 2.94. The van der Waals surface area contributed by atoms with E-state index in [1.807, 2.05) is 0 Å². The first-order valence-electron chi connectivity index (χ1n) is 8.21. The zero-order valence-electron chi connectivity index (χ0n) is 14.8. The fourth-order valence-electron chi connectivity index (χ4n) is 2.57. The third-order valence-electron chi connectivity index (χ3n) is 3.93. The molecule has 0 bridgehead atoms. The van der Waals surface area contributed by atoms with E-state index in [9.17, 15) is 17.6 Å². The van der Waals surface area contributed by atoms with Crippen LogP contribution in [-0.2, 0) is 14.8 Å². The summed E-state index contributed by atoms with van der Waals surface area (Å²) in [5, 5.41) is 7.77. The van der Waals surface area contributed by atoms with Crippen LogP contribution in [0.1, 0.15) is 10.4 Å². The van der Waals surface area contributed by atoms with Gasteiger partial charge in [0.15, 0.2) is 0 Å². The topological polar surface area (TPSA) is 89.3 Å². The van der Waals surface area contributed by atoms with Gasteiger partial charge in [-0.1, -0.05) is 24.3 Å². The predicted molar refractivity (Wildman–Crippen MR) is 110 cm³/mol. The average Bonchev–Trinajstić information content (AvgIpc) is 3.10. The number of carbonyl (C=O) groups is 1. The third kappa shape index (κ3) is 4.72. The molecule has 0 unspecified atom stereocenters. The molecule has 3 N–H and O–H groups in total. The zero-order chi connectivity index (χ0) is 20.3. The molecule has 0 spiro atoms. The van der Waals surface area contributed by atoms with Gasteiger partial charge in [-0.3, -0.25) is 4.79 Å². The van der Waals surface area contributed by atoms with E-state index in [1.165, 1.54) is 29.5 Å². The summed E-state index contributed by atoms with van der Waals surface area (Å²) in [5.41, 5.74) is 1.32. The Morgan fingerprint density at radius 1 is 1.14 bits per heavy atom. The molecule has 5 nitrogen and oxygen atoms in total. The maximum absolute atomic E-state index is 13.9. The van der Waals surface area contributed by atoms with E-state index in [1.54, 1.807) is 55.5 Å². The van der Waals surface area contributed by atoms with Gasteiger partial charge < -0.3 is 5.32 Å². The van der Waals surface area contributed by atoms with Crippen molar-refractivity contribution >= 4 is 39.0 Å². The lowest BCUT2D eigenvalue weighted by Crippen LogP contribution is -2.15. The number of nitrogens with one attached hydrogen (secondary N) is 1. The number of hydrogen-bond donors (Lipinski definition) is 2. The van der Waals surface area contributed by atoms with E-state index in [-0.39, 0.29) is 10.7 Å². The molecule has 144 valence electrons. The number of nitrogens with two attached hydrogens (primary N) is 1. The molecule has 0 aliphatic heterocycles. The lowest BCUT2D eigenvalue weighted by atomic mass is 10.2. The van der Waals surface area contributed by atoms with Gasteiger partial charge in [0.05, 0.1) is 4.90 Å². The first kappa shape index (κ1) is 19.9. The Balaban J connectivity index is 1.72. The van der Waals surface area contributed by atoms with Crippen LogP contribution < -0.4 is 10.5 Å². The second-order valence-electron chi connectivity index (χ2n) is 6.03. The quantitative estimate of drug-likeness (QED) is 0.612. The first-order valence-corrected chi connectivity index (χ1v) is 10.6. The highest BCUT2D eigenvalue weighted by Crippen LogP contribution is 2.30. The Morgan fingerprint density at radius 2 is 1.89 bits per heavy atom. The lowest BCUT2D eigenvalue weighted by Gasteiger charge is -2.07. The predicted octanol–water partition coefficient (Wildman–Crippen LogP) is 4.16. The summed E-state index contributed by atoms with van der Waals surface area (Å²) >= 11 is 1.35. The molecule has 28 heavy (non-hydrogen) atoms. The molecular weight excluding hydrogens is 399 g/mol. The van der Waals surface area contributed by atoms with Crippen LogP contribution >= 0.6 is 11.3 Å². The minimum absolute atomic E-state index is 0.0398. The van der Waals surface area contributed by atoms with Crippen molar-refractivity contribution in [3.8, 4) is 10.4 Å². The van der Waals surface area contributed by atoms with Crippen LogP contribution in [0.15, 0.2) is 65.6 Å². The number of thiophene rings is 1. The largest absolute Gasteiger partial charge is 0.322 e. The van der Waals surface area contributed by atoms with Crippen molar-refractivity contribution in [3.63, 3.8) is 0 Å². The Kier molecular flexibility index (Phi) is 5.73. The smallest absolute Gasteiger partial charge is 0.248 e.